The number of thioether (sulfide) groups is 2. The summed E-state index contributed by atoms with van der Waals surface area (Å²) in [4.78, 5) is 26.6. The molecule has 2 amide bonds. The fourth-order valence-electron chi connectivity index (χ4n) is 0.829. The van der Waals surface area contributed by atoms with Crippen molar-refractivity contribution in [1.82, 2.24) is 14.1 Å². The van der Waals surface area contributed by atoms with Gasteiger partial charge in [0.05, 0.1) is 12.1 Å². The smallest absolute Gasteiger partial charge is 0.323 e. The molecular weight excluding hydrogens is 301 g/mol. The molecule has 10 heteroatoms. The molecule has 18 heavy (non-hydrogen) atoms. The molecule has 1 aliphatic rings. The van der Waals surface area contributed by atoms with Gasteiger partial charge in [0.2, 0.25) is 0 Å². The lowest BCUT2D eigenvalue weighted by atomic mass is 10.9. The summed E-state index contributed by atoms with van der Waals surface area (Å²) in [6.45, 7) is 0. The van der Waals surface area contributed by atoms with Crippen LogP contribution in [-0.2, 0) is 4.84 Å². The van der Waals surface area contributed by atoms with E-state index in [1.165, 1.54) is 25.9 Å². The fraction of sp³-hybridized carbons (Fsp3) is 0.500. The van der Waals surface area contributed by atoms with Crippen LogP contribution in [0, 0.1) is 0 Å². The van der Waals surface area contributed by atoms with Crippen LogP contribution in [-0.4, -0.2) is 46.5 Å². The maximum atomic E-state index is 12.3. The van der Waals surface area contributed by atoms with E-state index in [0.717, 1.165) is 20.8 Å². The lowest BCUT2D eigenvalue weighted by molar-refractivity contribution is 0.0967. The quantitative estimate of drug-likeness (QED) is 0.370. The topological polar surface area (TPSA) is 61.9 Å². The minimum absolute atomic E-state index is 0.598. The largest absolute Gasteiger partial charge is 0.445 e. The van der Waals surface area contributed by atoms with Crippen LogP contribution in [0.5, 0.6) is 0 Å². The minimum atomic E-state index is -1.64. The monoisotopic (exact) mass is 313 g/mol. The Bertz CT molecular complexity index is 356. The van der Waals surface area contributed by atoms with E-state index in [9.17, 15) is 14.0 Å². The van der Waals surface area contributed by atoms with Crippen molar-refractivity contribution in [1.29, 1.82) is 0 Å². The van der Waals surface area contributed by atoms with Gasteiger partial charge in [-0.15, -0.1) is 27.9 Å². The van der Waals surface area contributed by atoms with E-state index in [0.29, 0.717) is 16.4 Å². The van der Waals surface area contributed by atoms with Gasteiger partial charge < -0.3 is 4.84 Å². The van der Waals surface area contributed by atoms with Crippen LogP contribution < -0.4 is 5.48 Å². The summed E-state index contributed by atoms with van der Waals surface area (Å²) < 4.78 is 13.9. The van der Waals surface area contributed by atoms with Gasteiger partial charge in [0.15, 0.2) is 0 Å². The highest BCUT2D eigenvalue weighted by Gasteiger charge is 2.18. The highest BCUT2D eigenvalue weighted by atomic mass is 32.2. The first-order chi connectivity index (χ1) is 8.50. The van der Waals surface area contributed by atoms with Gasteiger partial charge in [-0.05, 0) is 0 Å². The number of rotatable bonds is 4. The maximum absolute atomic E-state index is 12.3. The number of carbonyl (C=O) groups is 2. The molecule has 0 radical (unpaired) electrons. The lowest BCUT2D eigenvalue weighted by Gasteiger charge is -2.20. The standard InChI is InChI=1S/C8H12FN3O3S3/c1-11(7(9)13)18-12(2)8(14)15-10-6-5-16-3-4-17-6/h5,10H,3-4H2,1-2H3. The van der Waals surface area contributed by atoms with E-state index in [1.807, 2.05) is 5.41 Å². The van der Waals surface area contributed by atoms with E-state index in [1.54, 1.807) is 11.8 Å². The van der Waals surface area contributed by atoms with E-state index < -0.39 is 12.3 Å². The van der Waals surface area contributed by atoms with Crippen LogP contribution in [0.4, 0.5) is 14.0 Å². The Kier molecular flexibility index (Phi) is 6.50. The molecular formula is C8H12FN3O3S3. The number of nitrogens with zero attached hydrogens (tertiary/aromatic N) is 2. The molecule has 0 unspecified atom stereocenters. The third kappa shape index (κ3) is 5.27. The number of amides is 2. The average Bonchev–Trinajstić information content (AvgIpc) is 2.36. The highest BCUT2D eigenvalue weighted by molar-refractivity contribution is 8.09. The average molecular weight is 313 g/mol. The summed E-state index contributed by atoms with van der Waals surface area (Å²) in [6.07, 6.45) is -2.38. The molecule has 0 aromatic carbocycles. The van der Waals surface area contributed by atoms with E-state index in [4.69, 9.17) is 4.84 Å². The van der Waals surface area contributed by atoms with Gasteiger partial charge in [-0.25, -0.2) is 23.7 Å². The fourth-order valence-corrected chi connectivity index (χ4v) is 3.20. The van der Waals surface area contributed by atoms with Gasteiger partial charge in [-0.1, -0.05) is 0 Å². The molecule has 1 aliphatic heterocycles. The molecule has 0 atom stereocenters. The molecule has 1 heterocycles. The molecule has 0 saturated carbocycles. The van der Waals surface area contributed by atoms with Gasteiger partial charge >= 0.3 is 12.3 Å². The van der Waals surface area contributed by atoms with Crippen LogP contribution in [0.2, 0.25) is 0 Å². The van der Waals surface area contributed by atoms with Crippen LogP contribution in [0.1, 0.15) is 0 Å². The third-order valence-corrected chi connectivity index (χ3v) is 4.59. The van der Waals surface area contributed by atoms with Crippen molar-refractivity contribution >= 4 is 47.9 Å². The Labute approximate surface area is 117 Å². The molecule has 0 aliphatic carbocycles. The molecule has 0 aromatic rings. The molecule has 102 valence electrons. The molecule has 1 N–H and O–H groups in total. The van der Waals surface area contributed by atoms with E-state index in [2.05, 4.69) is 5.48 Å². The number of nitrogens with one attached hydrogen (secondary N) is 1. The van der Waals surface area contributed by atoms with Crippen molar-refractivity contribution in [3.8, 4) is 0 Å². The van der Waals surface area contributed by atoms with E-state index >= 15 is 0 Å². The Morgan fingerprint density at radius 3 is 2.72 bits per heavy atom. The van der Waals surface area contributed by atoms with Crippen LogP contribution >= 0.6 is 35.7 Å². The Morgan fingerprint density at radius 2 is 2.17 bits per heavy atom. The summed E-state index contributed by atoms with van der Waals surface area (Å²) in [6, 6.07) is 0. The van der Waals surface area contributed by atoms with Crippen molar-refractivity contribution in [3.63, 3.8) is 0 Å². The highest BCUT2D eigenvalue weighted by Crippen LogP contribution is 2.24. The van der Waals surface area contributed by atoms with Gasteiger partial charge in [0.25, 0.3) is 0 Å². The number of hydrogen-bond donors (Lipinski definition) is 1. The van der Waals surface area contributed by atoms with Gasteiger partial charge in [-0.2, -0.15) is 0 Å². The van der Waals surface area contributed by atoms with Crippen LogP contribution in [0.25, 0.3) is 0 Å². The van der Waals surface area contributed by atoms with Crippen molar-refractivity contribution in [2.24, 2.45) is 0 Å². The second kappa shape index (κ2) is 7.64. The number of halogens is 1. The zero-order valence-electron chi connectivity index (χ0n) is 9.71. The van der Waals surface area contributed by atoms with Crippen LogP contribution in [0.3, 0.4) is 0 Å². The number of carbonyl (C=O) groups excluding carboxylic acids is 2. The molecule has 6 nitrogen and oxygen atoms in total. The first-order valence-corrected chi connectivity index (χ1v) is 7.53. The van der Waals surface area contributed by atoms with Crippen molar-refractivity contribution in [2.45, 2.75) is 0 Å². The second-order valence-electron chi connectivity index (χ2n) is 3.00. The number of hydrogen-bond acceptors (Lipinski definition) is 7. The Hall–Kier alpha value is -0.740. The van der Waals surface area contributed by atoms with Crippen molar-refractivity contribution in [2.75, 3.05) is 25.6 Å². The predicted octanol–water partition coefficient (Wildman–Crippen LogP) is 2.42. The Morgan fingerprint density at radius 1 is 1.44 bits per heavy atom. The second-order valence-corrected chi connectivity index (χ2v) is 6.37. The number of hydroxylamine groups is 1. The summed E-state index contributed by atoms with van der Waals surface area (Å²) >= 11 is 3.76. The first-order valence-electron chi connectivity index (χ1n) is 4.77. The van der Waals surface area contributed by atoms with Gasteiger partial charge in [0.1, 0.15) is 5.03 Å². The summed E-state index contributed by atoms with van der Waals surface area (Å²) in [5, 5.41) is 2.60. The van der Waals surface area contributed by atoms with Gasteiger partial charge in [0, 0.05) is 31.0 Å². The molecule has 1 rings (SSSR count). The van der Waals surface area contributed by atoms with Crippen molar-refractivity contribution < 1.29 is 18.8 Å². The van der Waals surface area contributed by atoms with Crippen molar-refractivity contribution in [3.05, 3.63) is 10.4 Å². The van der Waals surface area contributed by atoms with E-state index in [-0.39, 0.29) is 0 Å². The summed E-state index contributed by atoms with van der Waals surface area (Å²) in [5.41, 5.74) is 2.51. The molecule has 0 saturated heterocycles. The molecule has 0 bridgehead atoms. The van der Waals surface area contributed by atoms with Crippen LogP contribution in [0.15, 0.2) is 10.4 Å². The minimum Gasteiger partial charge on any atom is -0.323 e. The molecule has 0 aromatic heterocycles. The molecule has 0 fully saturated rings. The normalized spacial score (nSPS) is 14.5. The summed E-state index contributed by atoms with van der Waals surface area (Å²) in [5.74, 6) is 1.95. The first kappa shape index (κ1) is 15.3. The zero-order chi connectivity index (χ0) is 13.5. The maximum Gasteiger partial charge on any atom is 0.445 e. The lowest BCUT2D eigenvalue weighted by Crippen LogP contribution is -2.31. The summed E-state index contributed by atoms with van der Waals surface area (Å²) in [7, 11) is 2.58. The van der Waals surface area contributed by atoms with Gasteiger partial charge in [-0.3, -0.25) is 0 Å². The SMILES string of the molecule is CN(SN(C)C(=O)ONC1=CSCCS1)C(=O)F. The molecule has 0 spiro atoms. The predicted molar refractivity (Wildman–Crippen MR) is 72.2 cm³/mol. The third-order valence-electron chi connectivity index (χ3n) is 1.64. The Balaban J connectivity index is 2.31. The zero-order valence-corrected chi connectivity index (χ0v) is 12.2.